The minimum absolute atomic E-state index is 0.144. The van der Waals surface area contributed by atoms with E-state index in [1.165, 1.54) is 19.3 Å². The van der Waals surface area contributed by atoms with E-state index in [2.05, 4.69) is 5.32 Å². The molecule has 0 unspecified atom stereocenters. The number of carboxylic acids is 1. The third-order valence-electron chi connectivity index (χ3n) is 3.75. The van der Waals surface area contributed by atoms with Crippen LogP contribution in [0.3, 0.4) is 0 Å². The minimum Gasteiger partial charge on any atom is -0.481 e. The second kappa shape index (κ2) is 6.18. The molecule has 0 radical (unpaired) electrons. The van der Waals surface area contributed by atoms with Crippen molar-refractivity contribution in [1.82, 2.24) is 5.32 Å². The number of aliphatic carboxylic acids is 1. The molecule has 2 atom stereocenters. The van der Waals surface area contributed by atoms with Gasteiger partial charge in [-0.15, -0.1) is 0 Å². The van der Waals surface area contributed by atoms with Gasteiger partial charge in [0.05, 0.1) is 24.5 Å². The van der Waals surface area contributed by atoms with Crippen LogP contribution in [0.25, 0.3) is 0 Å². The van der Waals surface area contributed by atoms with E-state index in [0.29, 0.717) is 25.7 Å². The standard InChI is InChI=1S/C13H21NO4/c15-12(10-8-11(10)13(16)17)14-6-7-18-9-4-2-1-3-5-9/h9-11H,1-8H2,(H,14,15)(H,16,17)/t10-,11+/m1/s1. The van der Waals surface area contributed by atoms with Crippen molar-refractivity contribution in [2.45, 2.75) is 44.6 Å². The number of hydrogen-bond donors (Lipinski definition) is 2. The van der Waals surface area contributed by atoms with Crippen molar-refractivity contribution >= 4 is 11.9 Å². The second-order valence-corrected chi connectivity index (χ2v) is 5.21. The van der Waals surface area contributed by atoms with E-state index < -0.39 is 11.9 Å². The van der Waals surface area contributed by atoms with Crippen LogP contribution in [0.2, 0.25) is 0 Å². The second-order valence-electron chi connectivity index (χ2n) is 5.21. The Labute approximate surface area is 107 Å². The molecule has 2 aliphatic rings. The quantitative estimate of drug-likeness (QED) is 0.699. The van der Waals surface area contributed by atoms with Crippen LogP contribution in [0.15, 0.2) is 0 Å². The molecule has 0 aromatic carbocycles. The van der Waals surface area contributed by atoms with Gasteiger partial charge in [0.25, 0.3) is 0 Å². The normalized spacial score (nSPS) is 27.8. The fourth-order valence-electron chi connectivity index (χ4n) is 2.52. The topological polar surface area (TPSA) is 75.6 Å². The number of hydrogen-bond acceptors (Lipinski definition) is 3. The summed E-state index contributed by atoms with van der Waals surface area (Å²) in [5.74, 6) is -1.80. The summed E-state index contributed by atoms with van der Waals surface area (Å²) in [4.78, 5) is 22.1. The van der Waals surface area contributed by atoms with Gasteiger partial charge in [0.1, 0.15) is 0 Å². The molecular formula is C13H21NO4. The lowest BCUT2D eigenvalue weighted by Gasteiger charge is -2.21. The lowest BCUT2D eigenvalue weighted by Crippen LogP contribution is -2.31. The third kappa shape index (κ3) is 3.70. The van der Waals surface area contributed by atoms with Crippen LogP contribution >= 0.6 is 0 Å². The number of carbonyl (C=O) groups excluding carboxylic acids is 1. The molecule has 2 N–H and O–H groups in total. The molecule has 0 aromatic heterocycles. The molecule has 2 fully saturated rings. The van der Waals surface area contributed by atoms with E-state index in [1.54, 1.807) is 0 Å². The average Bonchev–Trinajstić information content (AvgIpc) is 3.16. The van der Waals surface area contributed by atoms with Gasteiger partial charge in [-0.3, -0.25) is 9.59 Å². The molecule has 5 nitrogen and oxygen atoms in total. The Morgan fingerprint density at radius 3 is 2.50 bits per heavy atom. The minimum atomic E-state index is -0.867. The van der Waals surface area contributed by atoms with Crippen molar-refractivity contribution in [2.24, 2.45) is 11.8 Å². The van der Waals surface area contributed by atoms with Crippen molar-refractivity contribution in [3.63, 3.8) is 0 Å². The Bertz CT molecular complexity index is 312. The molecule has 0 bridgehead atoms. The molecule has 0 spiro atoms. The van der Waals surface area contributed by atoms with Crippen molar-refractivity contribution in [3.05, 3.63) is 0 Å². The summed E-state index contributed by atoms with van der Waals surface area (Å²) < 4.78 is 5.68. The van der Waals surface area contributed by atoms with E-state index in [0.717, 1.165) is 12.8 Å². The highest BCUT2D eigenvalue weighted by atomic mass is 16.5. The van der Waals surface area contributed by atoms with Gasteiger partial charge in [-0.1, -0.05) is 19.3 Å². The molecule has 2 rings (SSSR count). The van der Waals surface area contributed by atoms with Gasteiger partial charge in [-0.05, 0) is 19.3 Å². The van der Waals surface area contributed by atoms with Crippen molar-refractivity contribution in [3.8, 4) is 0 Å². The summed E-state index contributed by atoms with van der Waals surface area (Å²) in [6, 6.07) is 0. The largest absolute Gasteiger partial charge is 0.481 e. The van der Waals surface area contributed by atoms with E-state index in [9.17, 15) is 9.59 Å². The van der Waals surface area contributed by atoms with Crippen LogP contribution in [0, 0.1) is 11.8 Å². The van der Waals surface area contributed by atoms with E-state index in [-0.39, 0.29) is 11.8 Å². The number of carbonyl (C=O) groups is 2. The molecule has 1 amide bonds. The van der Waals surface area contributed by atoms with Gasteiger partial charge in [-0.25, -0.2) is 0 Å². The first-order valence-electron chi connectivity index (χ1n) is 6.80. The molecular weight excluding hydrogens is 234 g/mol. The highest BCUT2D eigenvalue weighted by Crippen LogP contribution is 2.38. The number of nitrogens with one attached hydrogen (secondary N) is 1. The van der Waals surface area contributed by atoms with Crippen molar-refractivity contribution < 1.29 is 19.4 Å². The molecule has 0 aliphatic heterocycles. The lowest BCUT2D eigenvalue weighted by molar-refractivity contribution is -0.140. The van der Waals surface area contributed by atoms with Crippen LogP contribution in [-0.2, 0) is 14.3 Å². The lowest BCUT2D eigenvalue weighted by atomic mass is 9.98. The Morgan fingerprint density at radius 2 is 1.89 bits per heavy atom. The van der Waals surface area contributed by atoms with Gasteiger partial charge >= 0.3 is 5.97 Å². The maximum Gasteiger partial charge on any atom is 0.307 e. The van der Waals surface area contributed by atoms with Gasteiger partial charge in [-0.2, -0.15) is 0 Å². The predicted octanol–water partition coefficient (Wildman–Crippen LogP) is 1.17. The Morgan fingerprint density at radius 1 is 1.17 bits per heavy atom. The first-order chi connectivity index (χ1) is 8.68. The van der Waals surface area contributed by atoms with Gasteiger partial charge in [0.15, 0.2) is 0 Å². The zero-order valence-corrected chi connectivity index (χ0v) is 10.6. The van der Waals surface area contributed by atoms with E-state index in [4.69, 9.17) is 9.84 Å². The van der Waals surface area contributed by atoms with E-state index in [1.807, 2.05) is 0 Å². The maximum absolute atomic E-state index is 11.5. The fraction of sp³-hybridized carbons (Fsp3) is 0.846. The van der Waals surface area contributed by atoms with Gasteiger partial charge < -0.3 is 15.2 Å². The molecule has 0 heterocycles. The zero-order valence-electron chi connectivity index (χ0n) is 10.6. The highest BCUT2D eigenvalue weighted by molar-refractivity contribution is 5.89. The Balaban J connectivity index is 1.53. The molecule has 2 saturated carbocycles. The molecule has 0 aromatic rings. The monoisotopic (exact) mass is 255 g/mol. The average molecular weight is 255 g/mol. The van der Waals surface area contributed by atoms with E-state index >= 15 is 0 Å². The molecule has 5 heteroatoms. The fourth-order valence-corrected chi connectivity index (χ4v) is 2.52. The third-order valence-corrected chi connectivity index (χ3v) is 3.75. The van der Waals surface area contributed by atoms with Crippen LogP contribution in [0.4, 0.5) is 0 Å². The number of carboxylic acid groups (broad SMARTS) is 1. The number of amides is 1. The van der Waals surface area contributed by atoms with Gasteiger partial charge in [0.2, 0.25) is 5.91 Å². The first-order valence-corrected chi connectivity index (χ1v) is 6.80. The van der Waals surface area contributed by atoms with Crippen LogP contribution < -0.4 is 5.32 Å². The molecule has 102 valence electrons. The summed E-state index contributed by atoms with van der Waals surface area (Å²) in [6.45, 7) is 1.01. The number of ether oxygens (including phenoxy) is 1. The highest BCUT2D eigenvalue weighted by Gasteiger charge is 2.48. The van der Waals surface area contributed by atoms with Crippen molar-refractivity contribution in [1.29, 1.82) is 0 Å². The summed E-state index contributed by atoms with van der Waals surface area (Å²) >= 11 is 0. The molecule has 18 heavy (non-hydrogen) atoms. The zero-order chi connectivity index (χ0) is 13.0. The summed E-state index contributed by atoms with van der Waals surface area (Å²) in [5, 5.41) is 11.5. The smallest absolute Gasteiger partial charge is 0.307 e. The summed E-state index contributed by atoms with van der Waals surface area (Å²) in [5.41, 5.74) is 0. The number of rotatable bonds is 6. The van der Waals surface area contributed by atoms with Crippen molar-refractivity contribution in [2.75, 3.05) is 13.2 Å². The summed E-state index contributed by atoms with van der Waals surface area (Å²) in [6.07, 6.45) is 6.84. The van der Waals surface area contributed by atoms with Crippen LogP contribution in [0.5, 0.6) is 0 Å². The SMILES string of the molecule is O=C(O)[C@H]1C[C@H]1C(=O)NCCOC1CCCCC1. The molecule has 0 saturated heterocycles. The Hall–Kier alpha value is -1.10. The molecule has 2 aliphatic carbocycles. The van der Waals surface area contributed by atoms with Gasteiger partial charge in [0, 0.05) is 6.54 Å². The first kappa shape index (κ1) is 13.3. The maximum atomic E-state index is 11.5. The Kier molecular flexibility index (Phi) is 4.58. The predicted molar refractivity (Wildman–Crippen MR) is 65.1 cm³/mol. The summed E-state index contributed by atoms with van der Waals surface area (Å²) in [7, 11) is 0. The van der Waals surface area contributed by atoms with Crippen LogP contribution in [0.1, 0.15) is 38.5 Å². The van der Waals surface area contributed by atoms with Crippen LogP contribution in [-0.4, -0.2) is 36.2 Å².